The Morgan fingerprint density at radius 2 is 1.13 bits per heavy atom. The lowest BCUT2D eigenvalue weighted by Crippen LogP contribution is -2.23. The summed E-state index contributed by atoms with van der Waals surface area (Å²) in [4.78, 5) is 11.6. The zero-order valence-electron chi connectivity index (χ0n) is 16.6. The van der Waals surface area contributed by atoms with Gasteiger partial charge in [-0.05, 0) is 33.1 Å². The van der Waals surface area contributed by atoms with E-state index >= 15 is 0 Å². The molecule has 0 unspecified atom stereocenters. The molecule has 0 N–H and O–H groups in total. The van der Waals surface area contributed by atoms with E-state index in [0.29, 0.717) is 6.61 Å². The molecule has 0 saturated heterocycles. The second-order valence-corrected chi connectivity index (χ2v) is 8.46. The van der Waals surface area contributed by atoms with Gasteiger partial charge in [-0.2, -0.15) is 0 Å². The van der Waals surface area contributed by atoms with Crippen molar-refractivity contribution in [2.24, 2.45) is 11.3 Å². The van der Waals surface area contributed by atoms with Gasteiger partial charge in [0.2, 0.25) is 0 Å². The van der Waals surface area contributed by atoms with Crippen molar-refractivity contribution < 1.29 is 9.53 Å². The highest BCUT2D eigenvalue weighted by Crippen LogP contribution is 2.16. The number of carbonyl (C=O) groups excluding carboxylic acids is 1. The first-order valence-corrected chi connectivity index (χ1v) is 10.0. The van der Waals surface area contributed by atoms with Crippen LogP contribution in [0, 0.1) is 11.3 Å². The van der Waals surface area contributed by atoms with Crippen molar-refractivity contribution in [2.75, 3.05) is 6.61 Å². The Labute approximate surface area is 145 Å². The van der Waals surface area contributed by atoms with Gasteiger partial charge in [0.25, 0.3) is 0 Å². The summed E-state index contributed by atoms with van der Waals surface area (Å²) < 4.78 is 5.27. The van der Waals surface area contributed by atoms with Crippen LogP contribution in [0.15, 0.2) is 0 Å². The predicted molar refractivity (Wildman–Crippen MR) is 101 cm³/mol. The molecule has 0 aromatic carbocycles. The molecular weight excluding hydrogens is 284 g/mol. The molecule has 0 bridgehead atoms. The van der Waals surface area contributed by atoms with Crippen LogP contribution in [0.25, 0.3) is 0 Å². The third-order valence-electron chi connectivity index (χ3n) is 4.27. The standard InChI is InChI=1S/C21H42O2/c1-19(2)17-15-13-11-9-7-6-8-10-12-14-16-18-23-20(22)21(3,4)5/h19H,6-18H2,1-5H3. The summed E-state index contributed by atoms with van der Waals surface area (Å²) >= 11 is 0. The molecule has 0 radical (unpaired) electrons. The number of hydrogen-bond donors (Lipinski definition) is 0. The van der Waals surface area contributed by atoms with E-state index in [1.807, 2.05) is 20.8 Å². The van der Waals surface area contributed by atoms with Gasteiger partial charge in [0.05, 0.1) is 12.0 Å². The monoisotopic (exact) mass is 326 g/mol. The lowest BCUT2D eigenvalue weighted by Gasteiger charge is -2.16. The Kier molecular flexibility index (Phi) is 13.5. The summed E-state index contributed by atoms with van der Waals surface area (Å²) in [6.45, 7) is 10.9. The smallest absolute Gasteiger partial charge is 0.311 e. The minimum absolute atomic E-state index is 0.0779. The third kappa shape index (κ3) is 16.1. The Morgan fingerprint density at radius 3 is 1.52 bits per heavy atom. The Hall–Kier alpha value is -0.530. The first-order valence-electron chi connectivity index (χ1n) is 10.0. The van der Waals surface area contributed by atoms with Crippen LogP contribution in [0.4, 0.5) is 0 Å². The molecule has 0 atom stereocenters. The molecule has 0 rings (SSSR count). The van der Waals surface area contributed by atoms with Crippen LogP contribution in [0.1, 0.15) is 112 Å². The van der Waals surface area contributed by atoms with Gasteiger partial charge in [-0.1, -0.05) is 84.5 Å². The molecule has 2 nitrogen and oxygen atoms in total. The van der Waals surface area contributed by atoms with Crippen LogP contribution in [0.5, 0.6) is 0 Å². The fourth-order valence-electron chi connectivity index (χ4n) is 2.63. The van der Waals surface area contributed by atoms with E-state index in [2.05, 4.69) is 13.8 Å². The van der Waals surface area contributed by atoms with Gasteiger partial charge in [0.1, 0.15) is 0 Å². The number of esters is 1. The molecule has 23 heavy (non-hydrogen) atoms. The van der Waals surface area contributed by atoms with E-state index in [-0.39, 0.29) is 11.4 Å². The number of carbonyl (C=O) groups is 1. The quantitative estimate of drug-likeness (QED) is 0.256. The van der Waals surface area contributed by atoms with Gasteiger partial charge in [-0.15, -0.1) is 0 Å². The number of hydrogen-bond acceptors (Lipinski definition) is 2. The van der Waals surface area contributed by atoms with Crippen LogP contribution in [0.3, 0.4) is 0 Å². The zero-order chi connectivity index (χ0) is 17.6. The van der Waals surface area contributed by atoms with Crippen molar-refractivity contribution in [3.8, 4) is 0 Å². The van der Waals surface area contributed by atoms with Crippen LogP contribution >= 0.6 is 0 Å². The Balaban J connectivity index is 3.15. The van der Waals surface area contributed by atoms with Gasteiger partial charge in [-0.3, -0.25) is 4.79 Å². The van der Waals surface area contributed by atoms with Gasteiger partial charge >= 0.3 is 5.97 Å². The normalized spacial score (nSPS) is 11.9. The molecule has 0 aromatic rings. The van der Waals surface area contributed by atoms with Crippen molar-refractivity contribution >= 4 is 5.97 Å². The maximum absolute atomic E-state index is 11.6. The molecule has 0 aliphatic rings. The molecule has 138 valence electrons. The van der Waals surface area contributed by atoms with Gasteiger partial charge in [0.15, 0.2) is 0 Å². The van der Waals surface area contributed by atoms with Crippen LogP contribution in [-0.2, 0) is 9.53 Å². The van der Waals surface area contributed by atoms with Crippen molar-refractivity contribution in [3.05, 3.63) is 0 Å². The summed E-state index contributed by atoms with van der Waals surface area (Å²) in [5, 5.41) is 0. The van der Waals surface area contributed by atoms with E-state index in [1.54, 1.807) is 0 Å². The van der Waals surface area contributed by atoms with Crippen molar-refractivity contribution in [1.29, 1.82) is 0 Å². The van der Waals surface area contributed by atoms with Gasteiger partial charge < -0.3 is 4.74 Å². The Bertz CT molecular complexity index is 276. The van der Waals surface area contributed by atoms with Crippen LogP contribution in [0.2, 0.25) is 0 Å². The fourth-order valence-corrected chi connectivity index (χ4v) is 2.63. The molecule has 0 aliphatic carbocycles. The first kappa shape index (κ1) is 22.5. The minimum Gasteiger partial charge on any atom is -0.465 e. The molecule has 0 amide bonds. The lowest BCUT2D eigenvalue weighted by atomic mass is 9.97. The van der Waals surface area contributed by atoms with E-state index in [0.717, 1.165) is 12.3 Å². The molecule has 0 spiro atoms. The first-order chi connectivity index (χ1) is 10.8. The summed E-state index contributed by atoms with van der Waals surface area (Å²) in [6, 6.07) is 0. The molecule has 0 aromatic heterocycles. The van der Waals surface area contributed by atoms with Crippen molar-refractivity contribution in [1.82, 2.24) is 0 Å². The zero-order valence-corrected chi connectivity index (χ0v) is 16.6. The highest BCUT2D eigenvalue weighted by atomic mass is 16.5. The molecule has 0 heterocycles. The second-order valence-electron chi connectivity index (χ2n) is 8.46. The SMILES string of the molecule is CC(C)CCCCCCCCCCCCCOC(=O)C(C)(C)C. The Morgan fingerprint density at radius 1 is 0.739 bits per heavy atom. The summed E-state index contributed by atoms with van der Waals surface area (Å²) in [5.41, 5.74) is -0.366. The van der Waals surface area contributed by atoms with E-state index in [9.17, 15) is 4.79 Å². The summed E-state index contributed by atoms with van der Waals surface area (Å²) in [7, 11) is 0. The maximum atomic E-state index is 11.6. The average Bonchev–Trinajstić information content (AvgIpc) is 2.46. The van der Waals surface area contributed by atoms with Crippen molar-refractivity contribution in [2.45, 2.75) is 112 Å². The molecule has 0 fully saturated rings. The van der Waals surface area contributed by atoms with Crippen LogP contribution < -0.4 is 0 Å². The minimum atomic E-state index is -0.366. The second kappa shape index (κ2) is 13.9. The number of unbranched alkanes of at least 4 members (excludes halogenated alkanes) is 10. The predicted octanol–water partition coefficient (Wildman–Crippen LogP) is 6.91. The highest BCUT2D eigenvalue weighted by molar-refractivity contribution is 5.75. The number of ether oxygens (including phenoxy) is 1. The van der Waals surface area contributed by atoms with Gasteiger partial charge in [0, 0.05) is 0 Å². The van der Waals surface area contributed by atoms with Gasteiger partial charge in [-0.25, -0.2) is 0 Å². The maximum Gasteiger partial charge on any atom is 0.311 e. The number of rotatable bonds is 14. The average molecular weight is 327 g/mol. The lowest BCUT2D eigenvalue weighted by molar-refractivity contribution is -0.153. The largest absolute Gasteiger partial charge is 0.465 e. The molecule has 0 aliphatic heterocycles. The molecule has 2 heteroatoms. The van der Waals surface area contributed by atoms with E-state index in [4.69, 9.17) is 4.74 Å². The van der Waals surface area contributed by atoms with E-state index in [1.165, 1.54) is 70.6 Å². The highest BCUT2D eigenvalue weighted by Gasteiger charge is 2.22. The third-order valence-corrected chi connectivity index (χ3v) is 4.27. The molecule has 0 saturated carbocycles. The van der Waals surface area contributed by atoms with Crippen LogP contribution in [-0.4, -0.2) is 12.6 Å². The summed E-state index contributed by atoms with van der Waals surface area (Å²) in [6.07, 6.45) is 16.1. The van der Waals surface area contributed by atoms with Crippen molar-refractivity contribution in [3.63, 3.8) is 0 Å². The van der Waals surface area contributed by atoms with E-state index < -0.39 is 0 Å². The molecular formula is C21H42O2. The topological polar surface area (TPSA) is 26.3 Å². The fraction of sp³-hybridized carbons (Fsp3) is 0.952. The summed E-state index contributed by atoms with van der Waals surface area (Å²) in [5.74, 6) is 0.790.